The van der Waals surface area contributed by atoms with Crippen LogP contribution >= 0.6 is 0 Å². The highest BCUT2D eigenvalue weighted by molar-refractivity contribution is 6.01. The Balaban J connectivity index is 2.04. The van der Waals surface area contributed by atoms with Crippen molar-refractivity contribution in [3.63, 3.8) is 0 Å². The van der Waals surface area contributed by atoms with Crippen molar-refractivity contribution >= 4 is 11.0 Å². The first-order valence-corrected chi connectivity index (χ1v) is 7.19. The number of hydrogen-bond donors (Lipinski definition) is 1. The number of benzene rings is 3. The van der Waals surface area contributed by atoms with E-state index in [0.29, 0.717) is 0 Å². The van der Waals surface area contributed by atoms with E-state index in [2.05, 4.69) is 6.07 Å². The lowest BCUT2D eigenvalue weighted by Crippen LogP contribution is -1.80. The van der Waals surface area contributed by atoms with Crippen molar-refractivity contribution in [1.82, 2.24) is 0 Å². The van der Waals surface area contributed by atoms with Crippen molar-refractivity contribution < 1.29 is 9.52 Å². The highest BCUT2D eigenvalue weighted by Gasteiger charge is 2.16. The Morgan fingerprint density at radius 3 is 2.09 bits per heavy atom. The minimum absolute atomic E-state index is 0.262. The average Bonchev–Trinajstić information content (AvgIpc) is 2.96. The van der Waals surface area contributed by atoms with Gasteiger partial charge in [-0.15, -0.1) is 0 Å². The number of phenolic OH excluding ortho intramolecular Hbond substituents is 1. The van der Waals surface area contributed by atoms with Crippen molar-refractivity contribution in [2.24, 2.45) is 0 Å². The third kappa shape index (κ3) is 2.06. The van der Waals surface area contributed by atoms with Gasteiger partial charge in [0.1, 0.15) is 17.1 Å². The zero-order valence-corrected chi connectivity index (χ0v) is 11.9. The second kappa shape index (κ2) is 5.08. The van der Waals surface area contributed by atoms with E-state index in [-0.39, 0.29) is 5.75 Å². The molecule has 0 saturated carbocycles. The maximum absolute atomic E-state index is 9.53. The van der Waals surface area contributed by atoms with E-state index in [1.165, 1.54) is 0 Å². The SMILES string of the molecule is Oc1ccc(-c2c(-c3ccccc3)oc3ccccc23)cc1. The summed E-state index contributed by atoms with van der Waals surface area (Å²) in [6.45, 7) is 0. The summed E-state index contributed by atoms with van der Waals surface area (Å²) in [6, 6.07) is 25.3. The van der Waals surface area contributed by atoms with Gasteiger partial charge in [-0.3, -0.25) is 0 Å². The second-order valence-corrected chi connectivity index (χ2v) is 5.22. The topological polar surface area (TPSA) is 33.4 Å². The standard InChI is InChI=1S/C20H14O2/c21-16-12-10-14(11-13-16)19-17-8-4-5-9-18(17)22-20(19)15-6-2-1-3-7-15/h1-13,21H. The third-order valence-corrected chi connectivity index (χ3v) is 3.79. The Bertz CT molecular complexity index is 919. The first-order valence-electron chi connectivity index (χ1n) is 7.19. The van der Waals surface area contributed by atoms with Crippen molar-refractivity contribution in [1.29, 1.82) is 0 Å². The summed E-state index contributed by atoms with van der Waals surface area (Å²) in [6.07, 6.45) is 0. The number of fused-ring (bicyclic) bond motifs is 1. The molecule has 0 fully saturated rings. The molecule has 2 nitrogen and oxygen atoms in total. The van der Waals surface area contributed by atoms with Crippen molar-refractivity contribution in [3.05, 3.63) is 78.9 Å². The molecular formula is C20H14O2. The molecule has 4 rings (SSSR count). The van der Waals surface area contributed by atoms with Gasteiger partial charge < -0.3 is 9.52 Å². The third-order valence-electron chi connectivity index (χ3n) is 3.79. The van der Waals surface area contributed by atoms with E-state index >= 15 is 0 Å². The lowest BCUT2D eigenvalue weighted by molar-refractivity contribution is 0.475. The zero-order chi connectivity index (χ0) is 14.9. The maximum Gasteiger partial charge on any atom is 0.143 e. The van der Waals surface area contributed by atoms with Gasteiger partial charge in [-0.1, -0.05) is 60.7 Å². The Kier molecular flexibility index (Phi) is 2.94. The number of hydrogen-bond acceptors (Lipinski definition) is 2. The molecule has 22 heavy (non-hydrogen) atoms. The van der Waals surface area contributed by atoms with Crippen LogP contribution in [0.4, 0.5) is 0 Å². The number of furan rings is 1. The van der Waals surface area contributed by atoms with Crippen LogP contribution in [0.1, 0.15) is 0 Å². The van der Waals surface area contributed by atoms with E-state index in [1.54, 1.807) is 12.1 Å². The van der Waals surface area contributed by atoms with Gasteiger partial charge >= 0.3 is 0 Å². The average molecular weight is 286 g/mol. The smallest absolute Gasteiger partial charge is 0.143 e. The van der Waals surface area contributed by atoms with E-state index in [0.717, 1.165) is 33.4 Å². The van der Waals surface area contributed by atoms with Gasteiger partial charge in [-0.25, -0.2) is 0 Å². The molecule has 0 bridgehead atoms. The molecule has 2 heteroatoms. The fraction of sp³-hybridized carbons (Fsp3) is 0. The van der Waals surface area contributed by atoms with Crippen LogP contribution in [0.2, 0.25) is 0 Å². The lowest BCUT2D eigenvalue weighted by atomic mass is 9.98. The second-order valence-electron chi connectivity index (χ2n) is 5.22. The number of phenols is 1. The summed E-state index contributed by atoms with van der Waals surface area (Å²) in [5, 5.41) is 10.6. The number of para-hydroxylation sites is 1. The summed E-state index contributed by atoms with van der Waals surface area (Å²) in [7, 11) is 0. The monoisotopic (exact) mass is 286 g/mol. The first kappa shape index (κ1) is 12.7. The van der Waals surface area contributed by atoms with Crippen LogP contribution < -0.4 is 0 Å². The summed E-state index contributed by atoms with van der Waals surface area (Å²) < 4.78 is 6.11. The molecule has 0 aliphatic heterocycles. The molecule has 0 aliphatic rings. The van der Waals surface area contributed by atoms with Gasteiger partial charge in [0.15, 0.2) is 0 Å². The Hall–Kier alpha value is -3.00. The van der Waals surface area contributed by atoms with Crippen LogP contribution in [0.3, 0.4) is 0 Å². The number of aromatic hydroxyl groups is 1. The maximum atomic E-state index is 9.53. The highest BCUT2D eigenvalue weighted by Crippen LogP contribution is 2.40. The summed E-state index contributed by atoms with van der Waals surface area (Å²) in [5.41, 5.74) is 4.00. The van der Waals surface area contributed by atoms with Crippen LogP contribution in [0.25, 0.3) is 33.4 Å². The van der Waals surface area contributed by atoms with Crippen molar-refractivity contribution in [2.45, 2.75) is 0 Å². The summed E-state index contributed by atoms with van der Waals surface area (Å²) >= 11 is 0. The molecule has 1 aromatic heterocycles. The Morgan fingerprint density at radius 2 is 1.32 bits per heavy atom. The van der Waals surface area contributed by atoms with Gasteiger partial charge in [-0.05, 0) is 23.8 Å². The highest BCUT2D eigenvalue weighted by atomic mass is 16.3. The summed E-state index contributed by atoms with van der Waals surface area (Å²) in [4.78, 5) is 0. The van der Waals surface area contributed by atoms with Gasteiger partial charge in [0, 0.05) is 16.5 Å². The first-order chi connectivity index (χ1) is 10.8. The van der Waals surface area contributed by atoms with E-state index in [9.17, 15) is 5.11 Å². The van der Waals surface area contributed by atoms with Gasteiger partial charge in [0.05, 0.1) is 0 Å². The predicted molar refractivity (Wildman–Crippen MR) is 88.8 cm³/mol. The molecule has 1 heterocycles. The minimum atomic E-state index is 0.262. The van der Waals surface area contributed by atoms with Crippen LogP contribution in [0.15, 0.2) is 83.3 Å². The summed E-state index contributed by atoms with van der Waals surface area (Å²) in [5.74, 6) is 1.12. The molecule has 0 radical (unpaired) electrons. The van der Waals surface area contributed by atoms with Gasteiger partial charge in [0.2, 0.25) is 0 Å². The largest absolute Gasteiger partial charge is 0.508 e. The number of rotatable bonds is 2. The molecule has 0 saturated heterocycles. The van der Waals surface area contributed by atoms with Crippen LogP contribution in [-0.2, 0) is 0 Å². The van der Waals surface area contributed by atoms with Crippen molar-refractivity contribution in [3.8, 4) is 28.2 Å². The Labute approximate surface area is 128 Å². The van der Waals surface area contributed by atoms with Crippen LogP contribution in [-0.4, -0.2) is 5.11 Å². The molecular weight excluding hydrogens is 272 g/mol. The van der Waals surface area contributed by atoms with E-state index in [1.807, 2.05) is 60.7 Å². The molecule has 0 spiro atoms. The molecule has 0 atom stereocenters. The van der Waals surface area contributed by atoms with E-state index < -0.39 is 0 Å². The van der Waals surface area contributed by atoms with Crippen LogP contribution in [0, 0.1) is 0 Å². The predicted octanol–water partition coefficient (Wildman–Crippen LogP) is 5.47. The van der Waals surface area contributed by atoms with Gasteiger partial charge in [0.25, 0.3) is 0 Å². The zero-order valence-electron chi connectivity index (χ0n) is 11.9. The van der Waals surface area contributed by atoms with Crippen LogP contribution in [0.5, 0.6) is 5.75 Å². The minimum Gasteiger partial charge on any atom is -0.508 e. The fourth-order valence-electron chi connectivity index (χ4n) is 2.75. The molecule has 4 aromatic rings. The molecule has 0 amide bonds. The van der Waals surface area contributed by atoms with Gasteiger partial charge in [-0.2, -0.15) is 0 Å². The molecule has 0 unspecified atom stereocenters. The van der Waals surface area contributed by atoms with Crippen molar-refractivity contribution in [2.75, 3.05) is 0 Å². The molecule has 106 valence electrons. The molecule has 1 N–H and O–H groups in total. The lowest BCUT2D eigenvalue weighted by Gasteiger charge is -2.04. The van der Waals surface area contributed by atoms with E-state index in [4.69, 9.17) is 4.42 Å². The fourth-order valence-corrected chi connectivity index (χ4v) is 2.75. The molecule has 0 aliphatic carbocycles. The quantitative estimate of drug-likeness (QED) is 0.530. The molecule has 3 aromatic carbocycles. The Morgan fingerprint density at radius 1 is 0.636 bits per heavy atom. The normalized spacial score (nSPS) is 10.9.